The summed E-state index contributed by atoms with van der Waals surface area (Å²) < 4.78 is 10.7. The van der Waals surface area contributed by atoms with Crippen LogP contribution in [0.15, 0.2) is 36.4 Å². The molecule has 0 N–H and O–H groups in total. The third-order valence-corrected chi connectivity index (χ3v) is 6.26. The van der Waals surface area contributed by atoms with Gasteiger partial charge in [-0.15, -0.1) is 11.3 Å². The van der Waals surface area contributed by atoms with Gasteiger partial charge in [-0.05, 0) is 61.6 Å². The molecule has 3 rings (SSSR count). The largest absolute Gasteiger partial charge is 0.493 e. The maximum atomic E-state index is 13.2. The number of aryl methyl sites for hydroxylation is 3. The van der Waals surface area contributed by atoms with Gasteiger partial charge in [0.2, 0.25) is 0 Å². The lowest BCUT2D eigenvalue weighted by Gasteiger charge is -2.17. The smallest absolute Gasteiger partial charge is 0.273 e. The number of likely N-dealkylation sites (N-methyl/N-ethyl adjacent to an activating group) is 1. The molecule has 0 spiro atoms. The van der Waals surface area contributed by atoms with Crippen LogP contribution in [0.3, 0.4) is 0 Å². The van der Waals surface area contributed by atoms with Gasteiger partial charge in [-0.1, -0.05) is 24.3 Å². The van der Waals surface area contributed by atoms with E-state index in [2.05, 4.69) is 37.0 Å². The lowest BCUT2D eigenvalue weighted by molar-refractivity contribution is 0.0792. The van der Waals surface area contributed by atoms with Crippen LogP contribution < -0.4 is 9.47 Å². The number of carbonyl (C=O) groups is 1. The summed E-state index contributed by atoms with van der Waals surface area (Å²) in [4.78, 5) is 20.4. The number of rotatable bonds is 7. The van der Waals surface area contributed by atoms with Crippen molar-refractivity contribution in [3.63, 3.8) is 0 Å². The molecule has 0 bridgehead atoms. The van der Waals surface area contributed by atoms with Crippen molar-refractivity contribution in [3.8, 4) is 21.9 Å². The van der Waals surface area contributed by atoms with E-state index in [0.717, 1.165) is 21.0 Å². The monoisotopic (exact) mass is 424 g/mol. The second-order valence-corrected chi connectivity index (χ2v) is 8.58. The first-order valence-electron chi connectivity index (χ1n) is 9.85. The van der Waals surface area contributed by atoms with E-state index in [9.17, 15) is 4.79 Å². The van der Waals surface area contributed by atoms with Crippen LogP contribution in [0.5, 0.6) is 11.5 Å². The number of methoxy groups -OCH3 is 2. The lowest BCUT2D eigenvalue weighted by Crippen LogP contribution is -2.29. The molecular weight excluding hydrogens is 396 g/mol. The zero-order valence-electron chi connectivity index (χ0n) is 18.4. The summed E-state index contributed by atoms with van der Waals surface area (Å²) in [7, 11) is 5.06. The quantitative estimate of drug-likeness (QED) is 0.531. The van der Waals surface area contributed by atoms with Crippen molar-refractivity contribution in [1.82, 2.24) is 9.88 Å². The average Bonchev–Trinajstić information content (AvgIpc) is 3.14. The molecule has 1 amide bonds. The van der Waals surface area contributed by atoms with Crippen LogP contribution in [-0.4, -0.2) is 43.6 Å². The zero-order chi connectivity index (χ0) is 21.8. The number of nitrogens with zero attached hydrogens (tertiary/aromatic N) is 2. The molecule has 0 aliphatic rings. The highest BCUT2D eigenvalue weighted by Gasteiger charge is 2.22. The van der Waals surface area contributed by atoms with Gasteiger partial charge in [0.25, 0.3) is 5.91 Å². The van der Waals surface area contributed by atoms with Crippen LogP contribution >= 0.6 is 11.3 Å². The van der Waals surface area contributed by atoms with Crippen LogP contribution in [0, 0.1) is 20.8 Å². The molecule has 0 saturated carbocycles. The summed E-state index contributed by atoms with van der Waals surface area (Å²) in [6.07, 6.45) is 0.713. The van der Waals surface area contributed by atoms with E-state index >= 15 is 0 Å². The molecule has 30 heavy (non-hydrogen) atoms. The molecule has 6 heteroatoms. The Bertz CT molecular complexity index is 1060. The Morgan fingerprint density at radius 2 is 1.73 bits per heavy atom. The van der Waals surface area contributed by atoms with E-state index in [-0.39, 0.29) is 5.91 Å². The zero-order valence-corrected chi connectivity index (χ0v) is 19.2. The number of carbonyl (C=O) groups excluding carboxylic acids is 1. The van der Waals surface area contributed by atoms with Gasteiger partial charge in [0.05, 0.1) is 24.1 Å². The molecule has 2 aromatic carbocycles. The number of benzene rings is 2. The summed E-state index contributed by atoms with van der Waals surface area (Å²) in [5.41, 5.74) is 5.09. The number of aromatic nitrogens is 1. The molecule has 158 valence electrons. The fourth-order valence-electron chi connectivity index (χ4n) is 3.27. The van der Waals surface area contributed by atoms with Gasteiger partial charge in [-0.25, -0.2) is 4.98 Å². The van der Waals surface area contributed by atoms with Gasteiger partial charge >= 0.3 is 0 Å². The highest BCUT2D eigenvalue weighted by Crippen LogP contribution is 2.32. The molecule has 5 nitrogen and oxygen atoms in total. The first-order valence-corrected chi connectivity index (χ1v) is 10.7. The molecule has 0 aliphatic carbocycles. The molecule has 0 saturated heterocycles. The molecule has 1 heterocycles. The third-order valence-electron chi connectivity index (χ3n) is 5.24. The number of hydrogen-bond donors (Lipinski definition) is 0. The third kappa shape index (κ3) is 4.65. The van der Waals surface area contributed by atoms with Gasteiger partial charge < -0.3 is 14.4 Å². The molecule has 1 aromatic heterocycles. The number of ether oxygens (including phenoxy) is 2. The highest BCUT2D eigenvalue weighted by molar-refractivity contribution is 7.15. The minimum absolute atomic E-state index is 0.0620. The lowest BCUT2D eigenvalue weighted by atomic mass is 10.0. The Kier molecular flexibility index (Phi) is 6.77. The Labute approximate surface area is 182 Å². The summed E-state index contributed by atoms with van der Waals surface area (Å²) in [6.45, 7) is 6.70. The Balaban J connectivity index is 1.77. The predicted octanol–water partition coefficient (Wildman–Crippen LogP) is 5.07. The van der Waals surface area contributed by atoms with Gasteiger partial charge in [0.15, 0.2) is 11.5 Å². The summed E-state index contributed by atoms with van der Waals surface area (Å²) in [6, 6.07) is 12.1. The summed E-state index contributed by atoms with van der Waals surface area (Å²) >= 11 is 1.56. The van der Waals surface area contributed by atoms with Crippen LogP contribution in [0.2, 0.25) is 0 Å². The highest BCUT2D eigenvalue weighted by atomic mass is 32.1. The van der Waals surface area contributed by atoms with E-state index in [1.54, 1.807) is 30.5 Å². The number of amides is 1. The minimum Gasteiger partial charge on any atom is -0.493 e. The van der Waals surface area contributed by atoms with Gasteiger partial charge in [0, 0.05) is 13.6 Å². The Hall–Kier alpha value is -2.86. The number of hydrogen-bond acceptors (Lipinski definition) is 5. The van der Waals surface area contributed by atoms with Crippen LogP contribution in [-0.2, 0) is 6.42 Å². The van der Waals surface area contributed by atoms with Crippen molar-refractivity contribution in [3.05, 3.63) is 63.8 Å². The van der Waals surface area contributed by atoms with Gasteiger partial charge in [0.1, 0.15) is 5.69 Å². The van der Waals surface area contributed by atoms with E-state index in [4.69, 9.17) is 9.47 Å². The second-order valence-electron chi connectivity index (χ2n) is 7.38. The average molecular weight is 425 g/mol. The summed E-state index contributed by atoms with van der Waals surface area (Å²) in [5.74, 6) is 1.32. The van der Waals surface area contributed by atoms with E-state index in [1.807, 2.05) is 32.2 Å². The summed E-state index contributed by atoms with van der Waals surface area (Å²) in [5, 5.41) is 0.889. The number of thiazole rings is 1. The topological polar surface area (TPSA) is 51.7 Å². The fourth-order valence-corrected chi connectivity index (χ4v) is 4.17. The van der Waals surface area contributed by atoms with E-state index in [1.165, 1.54) is 11.1 Å². The van der Waals surface area contributed by atoms with Crippen molar-refractivity contribution in [1.29, 1.82) is 0 Å². The van der Waals surface area contributed by atoms with Crippen LogP contribution in [0.25, 0.3) is 10.4 Å². The SMILES string of the molecule is COc1ccc(CCN(C)C(=O)c2nc(C)sc2-c2ccc(C)c(C)c2)cc1OC. The second kappa shape index (κ2) is 9.30. The van der Waals surface area contributed by atoms with E-state index in [0.29, 0.717) is 30.2 Å². The first kappa shape index (κ1) is 21.8. The van der Waals surface area contributed by atoms with Crippen LogP contribution in [0.4, 0.5) is 0 Å². The molecule has 0 unspecified atom stereocenters. The fraction of sp³-hybridized carbons (Fsp3) is 0.333. The molecular formula is C24H28N2O3S. The standard InChI is InChI=1S/C24H28N2O3S/c1-15-7-9-19(13-16(15)2)23-22(25-17(3)30-23)24(27)26(4)12-11-18-8-10-20(28-5)21(14-18)29-6/h7-10,13-14H,11-12H2,1-6H3. The Morgan fingerprint density at radius 1 is 1.00 bits per heavy atom. The van der Waals surface area contributed by atoms with Gasteiger partial charge in [-0.3, -0.25) is 4.79 Å². The van der Waals surface area contributed by atoms with Gasteiger partial charge in [-0.2, -0.15) is 0 Å². The molecule has 0 radical (unpaired) electrons. The molecule has 0 fully saturated rings. The van der Waals surface area contributed by atoms with Crippen molar-refractivity contribution in [2.24, 2.45) is 0 Å². The normalized spacial score (nSPS) is 10.7. The van der Waals surface area contributed by atoms with Crippen molar-refractivity contribution < 1.29 is 14.3 Å². The molecule has 0 atom stereocenters. The maximum Gasteiger partial charge on any atom is 0.273 e. The predicted molar refractivity (Wildman–Crippen MR) is 122 cm³/mol. The molecule has 3 aromatic rings. The first-order chi connectivity index (χ1) is 14.3. The maximum absolute atomic E-state index is 13.2. The van der Waals surface area contributed by atoms with Crippen molar-refractivity contribution in [2.75, 3.05) is 27.8 Å². The Morgan fingerprint density at radius 3 is 2.40 bits per heavy atom. The van der Waals surface area contributed by atoms with Crippen LogP contribution in [0.1, 0.15) is 32.2 Å². The minimum atomic E-state index is -0.0620. The van der Waals surface area contributed by atoms with Crippen molar-refractivity contribution in [2.45, 2.75) is 27.2 Å². The van der Waals surface area contributed by atoms with Crippen molar-refractivity contribution >= 4 is 17.2 Å². The van der Waals surface area contributed by atoms with E-state index < -0.39 is 0 Å². The molecule has 0 aliphatic heterocycles.